The monoisotopic (exact) mass is 341 g/mol. The summed E-state index contributed by atoms with van der Waals surface area (Å²) in [6.07, 6.45) is 7.56. The highest BCUT2D eigenvalue weighted by molar-refractivity contribution is 5.68. The first-order chi connectivity index (χ1) is 12.3. The summed E-state index contributed by atoms with van der Waals surface area (Å²) in [7, 11) is 3.38. The number of aromatic nitrogens is 2. The number of hydrogen-bond acceptors (Lipinski definition) is 4. The van der Waals surface area contributed by atoms with E-state index in [9.17, 15) is 0 Å². The third-order valence-corrected chi connectivity index (χ3v) is 5.50. The minimum Gasteiger partial charge on any atom is -0.497 e. The molecule has 0 saturated heterocycles. The molecule has 1 aromatic heterocycles. The Morgan fingerprint density at radius 3 is 2.44 bits per heavy atom. The second-order valence-electron chi connectivity index (χ2n) is 7.04. The van der Waals surface area contributed by atoms with Crippen LogP contribution in [0.1, 0.15) is 49.4 Å². The van der Waals surface area contributed by atoms with Gasteiger partial charge in [0.2, 0.25) is 0 Å². The lowest BCUT2D eigenvalue weighted by atomic mass is 9.95. The van der Waals surface area contributed by atoms with E-state index in [4.69, 9.17) is 14.6 Å². The van der Waals surface area contributed by atoms with Crippen molar-refractivity contribution in [3.63, 3.8) is 0 Å². The number of benzene rings is 1. The van der Waals surface area contributed by atoms with Crippen LogP contribution >= 0.6 is 0 Å². The average Bonchev–Trinajstić information content (AvgIpc) is 3.08. The summed E-state index contributed by atoms with van der Waals surface area (Å²) in [6.45, 7) is 1.92. The van der Waals surface area contributed by atoms with Gasteiger partial charge in [-0.2, -0.15) is 5.10 Å². The van der Waals surface area contributed by atoms with Crippen LogP contribution < -0.4 is 14.8 Å². The van der Waals surface area contributed by atoms with E-state index < -0.39 is 0 Å². The summed E-state index contributed by atoms with van der Waals surface area (Å²) in [6, 6.07) is 6.59. The third-order valence-electron chi connectivity index (χ3n) is 5.50. The molecule has 0 amide bonds. The molecule has 0 unspecified atom stereocenters. The fourth-order valence-corrected chi connectivity index (χ4v) is 4.18. The van der Waals surface area contributed by atoms with Crippen molar-refractivity contribution in [3.05, 3.63) is 29.5 Å². The zero-order chi connectivity index (χ0) is 17.2. The highest BCUT2D eigenvalue weighted by atomic mass is 16.5. The largest absolute Gasteiger partial charge is 0.497 e. The molecule has 2 heterocycles. The molecular formula is C20H27N3O2. The maximum absolute atomic E-state index is 5.46. The fourth-order valence-electron chi connectivity index (χ4n) is 4.18. The van der Waals surface area contributed by atoms with Crippen LogP contribution in [-0.2, 0) is 13.0 Å². The molecule has 1 aliphatic heterocycles. The van der Waals surface area contributed by atoms with E-state index in [1.54, 1.807) is 14.2 Å². The molecule has 25 heavy (non-hydrogen) atoms. The Hall–Kier alpha value is -2.01. The van der Waals surface area contributed by atoms with Crippen LogP contribution in [0.25, 0.3) is 11.3 Å². The van der Waals surface area contributed by atoms with Gasteiger partial charge < -0.3 is 14.8 Å². The molecule has 5 nitrogen and oxygen atoms in total. The van der Waals surface area contributed by atoms with Crippen molar-refractivity contribution < 1.29 is 9.47 Å². The average molecular weight is 341 g/mol. The van der Waals surface area contributed by atoms with Crippen LogP contribution in [0.2, 0.25) is 0 Å². The first-order valence-corrected chi connectivity index (χ1v) is 9.34. The Morgan fingerprint density at radius 1 is 1.04 bits per heavy atom. The van der Waals surface area contributed by atoms with Gasteiger partial charge in [0.25, 0.3) is 0 Å². The van der Waals surface area contributed by atoms with Crippen LogP contribution in [0.5, 0.6) is 11.5 Å². The van der Waals surface area contributed by atoms with Crippen molar-refractivity contribution in [2.45, 2.75) is 51.1 Å². The summed E-state index contributed by atoms with van der Waals surface area (Å²) >= 11 is 0. The van der Waals surface area contributed by atoms with E-state index in [1.165, 1.54) is 43.4 Å². The molecule has 134 valence electrons. The van der Waals surface area contributed by atoms with Gasteiger partial charge in [-0.1, -0.05) is 19.3 Å². The number of nitrogens with zero attached hydrogens (tertiary/aromatic N) is 2. The highest BCUT2D eigenvalue weighted by Gasteiger charge is 2.26. The predicted octanol–water partition coefficient (Wildman–Crippen LogP) is 3.72. The van der Waals surface area contributed by atoms with Gasteiger partial charge in [0, 0.05) is 42.4 Å². The Kier molecular flexibility index (Phi) is 4.66. The molecule has 0 atom stereocenters. The second kappa shape index (κ2) is 7.08. The van der Waals surface area contributed by atoms with Gasteiger partial charge in [-0.25, -0.2) is 0 Å². The number of hydrogen-bond donors (Lipinski definition) is 1. The minimum atomic E-state index is 0.557. The Bertz CT molecular complexity index is 725. The Balaban J connectivity index is 1.80. The van der Waals surface area contributed by atoms with E-state index in [0.29, 0.717) is 6.04 Å². The molecule has 5 heteroatoms. The molecule has 0 spiro atoms. The normalized spacial score (nSPS) is 18.0. The summed E-state index contributed by atoms with van der Waals surface area (Å²) in [4.78, 5) is 0. The quantitative estimate of drug-likeness (QED) is 0.921. The third kappa shape index (κ3) is 3.13. The zero-order valence-electron chi connectivity index (χ0n) is 15.2. The summed E-state index contributed by atoms with van der Waals surface area (Å²) in [5.41, 5.74) is 4.91. The van der Waals surface area contributed by atoms with Crippen molar-refractivity contribution in [2.24, 2.45) is 0 Å². The van der Waals surface area contributed by atoms with Crippen molar-refractivity contribution in [3.8, 4) is 22.8 Å². The van der Waals surface area contributed by atoms with E-state index in [2.05, 4.69) is 22.1 Å². The van der Waals surface area contributed by atoms with E-state index in [-0.39, 0.29) is 0 Å². The lowest BCUT2D eigenvalue weighted by molar-refractivity contribution is 0.320. The van der Waals surface area contributed by atoms with Crippen LogP contribution in [0.4, 0.5) is 0 Å². The molecule has 4 rings (SSSR count). The number of nitrogens with one attached hydrogen (secondary N) is 1. The first-order valence-electron chi connectivity index (χ1n) is 9.34. The number of ether oxygens (including phenoxy) is 2. The molecule has 1 N–H and O–H groups in total. The van der Waals surface area contributed by atoms with Gasteiger partial charge in [0.1, 0.15) is 11.5 Å². The summed E-state index contributed by atoms with van der Waals surface area (Å²) in [5.74, 6) is 1.61. The molecule has 0 radical (unpaired) electrons. The predicted molar refractivity (Wildman–Crippen MR) is 98.3 cm³/mol. The SMILES string of the molecule is COc1cc(OC)cc(-c2nn(C3CCCCC3)c3c2CNCC3)c1. The molecule has 1 aromatic carbocycles. The second-order valence-corrected chi connectivity index (χ2v) is 7.04. The summed E-state index contributed by atoms with van der Waals surface area (Å²) in [5, 5.41) is 8.61. The summed E-state index contributed by atoms with van der Waals surface area (Å²) < 4.78 is 13.3. The minimum absolute atomic E-state index is 0.557. The molecule has 2 aromatic rings. The van der Waals surface area contributed by atoms with E-state index >= 15 is 0 Å². The molecular weight excluding hydrogens is 314 g/mol. The van der Waals surface area contributed by atoms with Gasteiger partial charge in [-0.3, -0.25) is 4.68 Å². The molecule has 2 aliphatic rings. The fraction of sp³-hybridized carbons (Fsp3) is 0.550. The van der Waals surface area contributed by atoms with Gasteiger partial charge in [-0.15, -0.1) is 0 Å². The van der Waals surface area contributed by atoms with Crippen LogP contribution in [-0.4, -0.2) is 30.5 Å². The van der Waals surface area contributed by atoms with Crippen LogP contribution in [0.3, 0.4) is 0 Å². The van der Waals surface area contributed by atoms with Crippen LogP contribution in [0.15, 0.2) is 18.2 Å². The molecule has 0 bridgehead atoms. The maximum atomic E-state index is 5.46. The molecule has 1 aliphatic carbocycles. The topological polar surface area (TPSA) is 48.3 Å². The lowest BCUT2D eigenvalue weighted by Gasteiger charge is -2.25. The van der Waals surface area contributed by atoms with Crippen molar-refractivity contribution in [1.82, 2.24) is 15.1 Å². The van der Waals surface area contributed by atoms with Gasteiger partial charge in [0.15, 0.2) is 0 Å². The Morgan fingerprint density at radius 2 is 1.76 bits per heavy atom. The van der Waals surface area contributed by atoms with Gasteiger partial charge >= 0.3 is 0 Å². The molecule has 1 fully saturated rings. The number of fused-ring (bicyclic) bond motifs is 1. The lowest BCUT2D eigenvalue weighted by Crippen LogP contribution is -2.26. The van der Waals surface area contributed by atoms with E-state index in [0.717, 1.165) is 42.3 Å². The standard InChI is InChI=1S/C20H27N3O2/c1-24-16-10-14(11-17(12-16)25-2)20-18-13-21-9-8-19(18)23(22-20)15-6-4-3-5-7-15/h10-12,15,21H,3-9,13H2,1-2H3. The van der Waals surface area contributed by atoms with Crippen molar-refractivity contribution in [2.75, 3.05) is 20.8 Å². The zero-order valence-corrected chi connectivity index (χ0v) is 15.2. The Labute approximate surface area is 149 Å². The molecule has 1 saturated carbocycles. The number of rotatable bonds is 4. The maximum Gasteiger partial charge on any atom is 0.123 e. The van der Waals surface area contributed by atoms with Gasteiger partial charge in [0.05, 0.1) is 26.0 Å². The first kappa shape index (κ1) is 16.5. The smallest absolute Gasteiger partial charge is 0.123 e. The van der Waals surface area contributed by atoms with Crippen LogP contribution in [0, 0.1) is 0 Å². The van der Waals surface area contributed by atoms with Gasteiger partial charge in [-0.05, 0) is 25.0 Å². The highest BCUT2D eigenvalue weighted by Crippen LogP contribution is 2.36. The van der Waals surface area contributed by atoms with Crippen molar-refractivity contribution in [1.29, 1.82) is 0 Å². The van der Waals surface area contributed by atoms with Crippen molar-refractivity contribution >= 4 is 0 Å². The van der Waals surface area contributed by atoms with E-state index in [1.807, 2.05) is 6.07 Å². The number of methoxy groups -OCH3 is 2.